The Hall–Kier alpha value is -2.85. The first-order valence-electron chi connectivity index (χ1n) is 7.07. The molecule has 0 saturated heterocycles. The normalized spacial score (nSPS) is 12.0. The number of nitriles is 1. The van der Waals surface area contributed by atoms with Crippen molar-refractivity contribution in [1.82, 2.24) is 0 Å². The highest BCUT2D eigenvalue weighted by molar-refractivity contribution is 7.90. The Balaban J connectivity index is 2.02. The van der Waals surface area contributed by atoms with Crippen LogP contribution in [0.25, 0.3) is 0 Å². The van der Waals surface area contributed by atoms with E-state index in [9.17, 15) is 13.2 Å². The fraction of sp³-hybridized carbons (Fsp3) is 0.176. The Morgan fingerprint density at radius 1 is 1.21 bits per heavy atom. The zero-order chi connectivity index (χ0) is 17.7. The molecule has 1 amide bonds. The summed E-state index contributed by atoms with van der Waals surface area (Å²) in [5, 5.41) is 11.5. The first-order valence-corrected chi connectivity index (χ1v) is 8.96. The van der Waals surface area contributed by atoms with Crippen molar-refractivity contribution in [1.29, 1.82) is 5.26 Å². The molecule has 2 rings (SSSR count). The van der Waals surface area contributed by atoms with Crippen LogP contribution in [-0.4, -0.2) is 26.7 Å². The molecule has 24 heavy (non-hydrogen) atoms. The lowest BCUT2D eigenvalue weighted by Gasteiger charge is -2.15. The predicted octanol–water partition coefficient (Wildman–Crippen LogP) is 2.37. The van der Waals surface area contributed by atoms with E-state index in [1.54, 1.807) is 31.2 Å². The molecule has 0 aromatic heterocycles. The highest BCUT2D eigenvalue weighted by Gasteiger charge is 2.15. The van der Waals surface area contributed by atoms with E-state index >= 15 is 0 Å². The van der Waals surface area contributed by atoms with E-state index in [4.69, 9.17) is 10.00 Å². The number of hydrogen-bond acceptors (Lipinski definition) is 5. The summed E-state index contributed by atoms with van der Waals surface area (Å²) in [4.78, 5) is 12.3. The van der Waals surface area contributed by atoms with Crippen LogP contribution in [0.4, 0.5) is 5.69 Å². The summed E-state index contributed by atoms with van der Waals surface area (Å²) in [5.74, 6) is 0.00750. The van der Waals surface area contributed by atoms with Gasteiger partial charge in [0.2, 0.25) is 0 Å². The van der Waals surface area contributed by atoms with Crippen molar-refractivity contribution < 1.29 is 17.9 Å². The molecule has 0 radical (unpaired) electrons. The van der Waals surface area contributed by atoms with Gasteiger partial charge in [0.15, 0.2) is 15.9 Å². The van der Waals surface area contributed by atoms with E-state index in [0.29, 0.717) is 17.0 Å². The Kier molecular flexibility index (Phi) is 5.21. The van der Waals surface area contributed by atoms with Gasteiger partial charge in [-0.15, -0.1) is 0 Å². The van der Waals surface area contributed by atoms with E-state index in [0.717, 1.165) is 6.26 Å². The highest BCUT2D eigenvalue weighted by Crippen LogP contribution is 2.18. The third-order valence-corrected chi connectivity index (χ3v) is 4.32. The van der Waals surface area contributed by atoms with Crippen molar-refractivity contribution in [2.24, 2.45) is 0 Å². The maximum Gasteiger partial charge on any atom is 0.265 e. The minimum absolute atomic E-state index is 0.181. The molecule has 1 atom stereocenters. The fourth-order valence-corrected chi connectivity index (χ4v) is 2.56. The fourth-order valence-electron chi connectivity index (χ4n) is 1.93. The monoisotopic (exact) mass is 344 g/mol. The molecule has 0 spiro atoms. The number of carbonyl (C=O) groups is 1. The first-order chi connectivity index (χ1) is 11.3. The van der Waals surface area contributed by atoms with Gasteiger partial charge in [-0.05, 0) is 49.4 Å². The molecule has 0 heterocycles. The van der Waals surface area contributed by atoms with Crippen molar-refractivity contribution in [2.75, 3.05) is 11.6 Å². The van der Waals surface area contributed by atoms with E-state index in [1.165, 1.54) is 24.3 Å². The maximum absolute atomic E-state index is 12.1. The van der Waals surface area contributed by atoms with Crippen LogP contribution in [0.2, 0.25) is 0 Å². The molecule has 0 bridgehead atoms. The van der Waals surface area contributed by atoms with Gasteiger partial charge in [0.25, 0.3) is 5.91 Å². The van der Waals surface area contributed by atoms with Crippen LogP contribution < -0.4 is 10.1 Å². The molecule has 0 saturated carbocycles. The second kappa shape index (κ2) is 7.15. The lowest BCUT2D eigenvalue weighted by atomic mass is 10.2. The van der Waals surface area contributed by atoms with Crippen LogP contribution in [0.3, 0.4) is 0 Å². The molecular formula is C17H16N2O4S. The minimum atomic E-state index is -3.27. The third-order valence-electron chi connectivity index (χ3n) is 3.19. The van der Waals surface area contributed by atoms with Crippen LogP contribution in [0.15, 0.2) is 53.4 Å². The Morgan fingerprint density at radius 3 is 2.46 bits per heavy atom. The zero-order valence-corrected chi connectivity index (χ0v) is 14.0. The summed E-state index contributed by atoms with van der Waals surface area (Å²) in [7, 11) is -3.27. The highest BCUT2D eigenvalue weighted by atomic mass is 32.2. The lowest BCUT2D eigenvalue weighted by Crippen LogP contribution is -2.30. The topological polar surface area (TPSA) is 96.3 Å². The molecule has 1 N–H and O–H groups in total. The van der Waals surface area contributed by atoms with Crippen LogP contribution in [0, 0.1) is 11.3 Å². The van der Waals surface area contributed by atoms with Gasteiger partial charge < -0.3 is 10.1 Å². The van der Waals surface area contributed by atoms with Gasteiger partial charge in [-0.25, -0.2) is 8.42 Å². The molecule has 0 aliphatic carbocycles. The summed E-state index contributed by atoms with van der Waals surface area (Å²) in [6.45, 7) is 1.58. The van der Waals surface area contributed by atoms with Gasteiger partial charge in [-0.3, -0.25) is 4.79 Å². The van der Waals surface area contributed by atoms with Crippen LogP contribution >= 0.6 is 0 Å². The number of nitrogens with zero attached hydrogens (tertiary/aromatic N) is 1. The molecule has 124 valence electrons. The summed E-state index contributed by atoms with van der Waals surface area (Å²) >= 11 is 0. The minimum Gasteiger partial charge on any atom is -0.481 e. The SMILES string of the molecule is CC(Oc1ccc(S(C)(=O)=O)cc1)C(=O)Nc1cccc(C#N)c1. The molecule has 0 fully saturated rings. The maximum atomic E-state index is 12.1. The van der Waals surface area contributed by atoms with Crippen molar-refractivity contribution in [3.8, 4) is 11.8 Å². The predicted molar refractivity (Wildman–Crippen MR) is 89.4 cm³/mol. The standard InChI is InChI=1S/C17H16N2O4S/c1-12(17(20)19-14-5-3-4-13(10-14)11-18)23-15-6-8-16(9-7-15)24(2,21)22/h3-10,12H,1-2H3,(H,19,20). The van der Waals surface area contributed by atoms with E-state index < -0.39 is 15.9 Å². The average Bonchev–Trinajstić information content (AvgIpc) is 2.54. The van der Waals surface area contributed by atoms with Gasteiger partial charge in [-0.2, -0.15) is 5.26 Å². The largest absolute Gasteiger partial charge is 0.481 e. The molecular weight excluding hydrogens is 328 g/mol. The van der Waals surface area contributed by atoms with E-state index in [2.05, 4.69) is 5.32 Å². The molecule has 7 heteroatoms. The third kappa shape index (κ3) is 4.57. The Morgan fingerprint density at radius 2 is 1.88 bits per heavy atom. The smallest absolute Gasteiger partial charge is 0.265 e. The number of amides is 1. The molecule has 1 unspecified atom stereocenters. The Labute approximate surface area is 140 Å². The van der Waals surface area contributed by atoms with Gasteiger partial charge >= 0.3 is 0 Å². The molecule has 2 aromatic rings. The van der Waals surface area contributed by atoms with E-state index in [1.807, 2.05) is 6.07 Å². The molecule has 0 aliphatic rings. The van der Waals surface area contributed by atoms with Crippen LogP contribution in [0.5, 0.6) is 5.75 Å². The quantitative estimate of drug-likeness (QED) is 0.898. The van der Waals surface area contributed by atoms with Crippen LogP contribution in [-0.2, 0) is 14.6 Å². The van der Waals surface area contributed by atoms with E-state index in [-0.39, 0.29) is 10.8 Å². The van der Waals surface area contributed by atoms with Crippen molar-refractivity contribution in [3.05, 3.63) is 54.1 Å². The van der Waals surface area contributed by atoms with Crippen molar-refractivity contribution in [2.45, 2.75) is 17.9 Å². The van der Waals surface area contributed by atoms with Gasteiger partial charge in [-0.1, -0.05) is 6.07 Å². The number of ether oxygens (including phenoxy) is 1. The Bertz CT molecular complexity index is 884. The first kappa shape index (κ1) is 17.5. The molecule has 0 aliphatic heterocycles. The second-order valence-electron chi connectivity index (χ2n) is 5.19. The number of carbonyl (C=O) groups excluding carboxylic acids is 1. The summed E-state index contributed by atoms with van der Waals surface area (Å²) in [6, 6.07) is 14.4. The number of benzene rings is 2. The van der Waals surface area contributed by atoms with Gasteiger partial charge in [0.1, 0.15) is 5.75 Å². The number of sulfone groups is 1. The number of anilines is 1. The van der Waals surface area contributed by atoms with Crippen LogP contribution in [0.1, 0.15) is 12.5 Å². The summed E-state index contributed by atoms with van der Waals surface area (Å²) in [6.07, 6.45) is 0.328. The molecule has 6 nitrogen and oxygen atoms in total. The zero-order valence-electron chi connectivity index (χ0n) is 13.2. The van der Waals surface area contributed by atoms with Gasteiger partial charge in [0, 0.05) is 11.9 Å². The van der Waals surface area contributed by atoms with Crippen molar-refractivity contribution in [3.63, 3.8) is 0 Å². The number of nitrogens with one attached hydrogen (secondary N) is 1. The number of rotatable bonds is 5. The molecule has 2 aromatic carbocycles. The summed E-state index contributed by atoms with van der Waals surface area (Å²) < 4.78 is 28.3. The lowest BCUT2D eigenvalue weighted by molar-refractivity contribution is -0.122. The number of hydrogen-bond donors (Lipinski definition) is 1. The van der Waals surface area contributed by atoms with Crippen molar-refractivity contribution >= 4 is 21.4 Å². The average molecular weight is 344 g/mol. The summed E-state index contributed by atoms with van der Waals surface area (Å²) in [5.41, 5.74) is 0.944. The van der Waals surface area contributed by atoms with Gasteiger partial charge in [0.05, 0.1) is 16.5 Å². The second-order valence-corrected chi connectivity index (χ2v) is 7.20.